The molecule has 0 fully saturated rings. The van der Waals surface area contributed by atoms with Crippen LogP contribution < -0.4 is 15.4 Å². The molecule has 1 atom stereocenters. The zero-order valence-electron chi connectivity index (χ0n) is 21.2. The van der Waals surface area contributed by atoms with E-state index < -0.39 is 17.5 Å². The molecule has 0 saturated heterocycles. The number of ketones is 1. The van der Waals surface area contributed by atoms with Crippen LogP contribution in [0.3, 0.4) is 0 Å². The fourth-order valence-electron chi connectivity index (χ4n) is 4.41. The fraction of sp³-hybridized carbons (Fsp3) is 0.200. The van der Waals surface area contributed by atoms with Gasteiger partial charge in [-0.15, -0.1) is 0 Å². The van der Waals surface area contributed by atoms with E-state index in [4.69, 9.17) is 4.74 Å². The lowest BCUT2D eigenvalue weighted by molar-refractivity contribution is -0.112. The Morgan fingerprint density at radius 3 is 2.82 bits per heavy atom. The zero-order valence-corrected chi connectivity index (χ0v) is 21.2. The van der Waals surface area contributed by atoms with E-state index in [1.165, 1.54) is 6.07 Å². The van der Waals surface area contributed by atoms with Crippen LogP contribution in [0.1, 0.15) is 40.4 Å². The van der Waals surface area contributed by atoms with Gasteiger partial charge in [-0.05, 0) is 71.7 Å². The first-order chi connectivity index (χ1) is 18.9. The Kier molecular flexibility index (Phi) is 7.58. The summed E-state index contributed by atoms with van der Waals surface area (Å²) in [6.07, 6.45) is 8.12. The van der Waals surface area contributed by atoms with Gasteiger partial charge in [0.25, 0.3) is 5.91 Å². The Balaban J connectivity index is 1.19. The minimum absolute atomic E-state index is 0.0339. The van der Waals surface area contributed by atoms with E-state index in [2.05, 4.69) is 20.6 Å². The molecule has 1 amide bonds. The highest BCUT2D eigenvalue weighted by Crippen LogP contribution is 2.33. The van der Waals surface area contributed by atoms with Crippen molar-refractivity contribution in [2.45, 2.75) is 32.4 Å². The molecule has 198 valence electrons. The van der Waals surface area contributed by atoms with Crippen molar-refractivity contribution in [3.05, 3.63) is 106 Å². The summed E-state index contributed by atoms with van der Waals surface area (Å²) >= 11 is 0. The third-order valence-electron chi connectivity index (χ3n) is 6.39. The van der Waals surface area contributed by atoms with Gasteiger partial charge in [0.1, 0.15) is 18.2 Å². The quantitative estimate of drug-likeness (QED) is 0.380. The van der Waals surface area contributed by atoms with Crippen molar-refractivity contribution < 1.29 is 23.1 Å². The molecule has 1 aromatic heterocycles. The summed E-state index contributed by atoms with van der Waals surface area (Å²) in [6.45, 7) is 2.21. The van der Waals surface area contributed by atoms with E-state index >= 15 is 0 Å². The number of pyridine rings is 1. The molecule has 3 aromatic rings. The van der Waals surface area contributed by atoms with Crippen LogP contribution >= 0.6 is 0 Å². The molecule has 2 heterocycles. The van der Waals surface area contributed by atoms with E-state index in [1.54, 1.807) is 24.5 Å². The lowest BCUT2D eigenvalue weighted by Crippen LogP contribution is -2.28. The second kappa shape index (κ2) is 11.4. The fourth-order valence-corrected chi connectivity index (χ4v) is 4.41. The minimum Gasteiger partial charge on any atom is -0.491 e. The number of halogens is 2. The molecule has 0 saturated carbocycles. The van der Waals surface area contributed by atoms with Gasteiger partial charge in [0.2, 0.25) is 0 Å². The number of nitrogens with zero attached hydrogens (tertiary/aromatic N) is 2. The van der Waals surface area contributed by atoms with Gasteiger partial charge in [0.05, 0.1) is 11.6 Å². The highest BCUT2D eigenvalue weighted by Gasteiger charge is 2.25. The van der Waals surface area contributed by atoms with Crippen molar-refractivity contribution in [3.8, 4) is 5.75 Å². The molecule has 9 heteroatoms. The molecule has 1 aliphatic heterocycles. The number of benzene rings is 2. The molecule has 0 unspecified atom stereocenters. The standard InChI is InChI=1S/C30H26F2N4O3/c1-18(17-39-22-5-6-23-21(13-22)14-28(37)25(23)11-20-8-10-33-15-20)36-29-24(3-2-9-34-29)30(38)35-16-19-4-7-26(31)27(32)12-19/h2-7,9-13,15,18H,8,14,16-17H2,1H3,(H,34,36)(H,35,38)/b25-11-/t18-/m1/s1. The lowest BCUT2D eigenvalue weighted by Gasteiger charge is -2.18. The van der Waals surface area contributed by atoms with Crippen LogP contribution in [-0.2, 0) is 17.8 Å². The maximum atomic E-state index is 13.5. The largest absolute Gasteiger partial charge is 0.491 e. The van der Waals surface area contributed by atoms with Crippen LogP contribution in [0.15, 0.2) is 77.6 Å². The smallest absolute Gasteiger partial charge is 0.255 e. The number of fused-ring (bicyclic) bond motifs is 1. The number of aliphatic imine (C=N–C) groups is 1. The molecule has 0 spiro atoms. The summed E-state index contributed by atoms with van der Waals surface area (Å²) < 4.78 is 32.6. The summed E-state index contributed by atoms with van der Waals surface area (Å²) in [5.74, 6) is -1.22. The van der Waals surface area contributed by atoms with Crippen LogP contribution in [0, 0.1) is 11.6 Å². The first-order valence-electron chi connectivity index (χ1n) is 12.5. The van der Waals surface area contributed by atoms with Crippen molar-refractivity contribution in [2.24, 2.45) is 4.99 Å². The number of rotatable bonds is 9. The predicted molar refractivity (Wildman–Crippen MR) is 145 cm³/mol. The summed E-state index contributed by atoms with van der Waals surface area (Å²) in [5, 5.41) is 5.90. The number of carbonyl (C=O) groups is 2. The number of nitrogens with one attached hydrogen (secondary N) is 2. The summed E-state index contributed by atoms with van der Waals surface area (Å²) in [4.78, 5) is 33.8. The average Bonchev–Trinajstić information content (AvgIpc) is 3.55. The molecule has 2 aromatic carbocycles. The molecule has 2 N–H and O–H groups in total. The number of anilines is 1. The van der Waals surface area contributed by atoms with Crippen molar-refractivity contribution in [3.63, 3.8) is 0 Å². The summed E-state index contributed by atoms with van der Waals surface area (Å²) in [5.41, 5.74) is 4.30. The normalized spacial score (nSPS) is 15.7. The van der Waals surface area contributed by atoms with E-state index in [0.29, 0.717) is 34.7 Å². The number of amides is 1. The van der Waals surface area contributed by atoms with Gasteiger partial charge in [-0.2, -0.15) is 0 Å². The first-order valence-corrected chi connectivity index (χ1v) is 12.5. The molecule has 0 bridgehead atoms. The van der Waals surface area contributed by atoms with Gasteiger partial charge in [-0.25, -0.2) is 13.8 Å². The number of ether oxygens (including phenoxy) is 1. The number of carbonyl (C=O) groups excluding carboxylic acids is 2. The maximum absolute atomic E-state index is 13.5. The lowest BCUT2D eigenvalue weighted by atomic mass is 10.0. The third-order valence-corrected chi connectivity index (χ3v) is 6.39. The molecule has 39 heavy (non-hydrogen) atoms. The van der Waals surface area contributed by atoms with Crippen LogP contribution in [0.2, 0.25) is 0 Å². The topological polar surface area (TPSA) is 92.7 Å². The van der Waals surface area contributed by atoms with Crippen LogP contribution in [0.5, 0.6) is 5.75 Å². The molecular formula is C30H26F2N4O3. The molecule has 1 aliphatic carbocycles. The third kappa shape index (κ3) is 6.09. The Labute approximate surface area is 224 Å². The highest BCUT2D eigenvalue weighted by atomic mass is 19.2. The maximum Gasteiger partial charge on any atom is 0.255 e. The second-order valence-electron chi connectivity index (χ2n) is 9.40. The van der Waals surface area contributed by atoms with E-state index in [9.17, 15) is 18.4 Å². The van der Waals surface area contributed by atoms with Crippen LogP contribution in [0.4, 0.5) is 14.6 Å². The van der Waals surface area contributed by atoms with Gasteiger partial charge >= 0.3 is 0 Å². The number of hydrogen-bond acceptors (Lipinski definition) is 6. The zero-order chi connectivity index (χ0) is 27.4. The SMILES string of the molecule is C[C@H](COc1ccc2c(c1)CC(=O)/C2=C\C1=CN=CC1)Nc1ncccc1C(=O)NCc1ccc(F)c(F)c1. The van der Waals surface area contributed by atoms with Gasteiger partial charge in [0, 0.05) is 43.6 Å². The van der Waals surface area contributed by atoms with Crippen LogP contribution in [0.25, 0.3) is 5.57 Å². The Hall–Kier alpha value is -4.66. The summed E-state index contributed by atoms with van der Waals surface area (Å²) in [7, 11) is 0. The van der Waals surface area contributed by atoms with E-state index in [-0.39, 0.29) is 25.0 Å². The predicted octanol–water partition coefficient (Wildman–Crippen LogP) is 5.04. The van der Waals surface area contributed by atoms with E-state index in [1.807, 2.05) is 37.4 Å². The number of Topliss-reactive ketones (excluding diaryl/α,β-unsaturated/α-hetero) is 1. The minimum atomic E-state index is -0.969. The van der Waals surface area contributed by atoms with Gasteiger partial charge in [-0.3, -0.25) is 14.6 Å². The first kappa shape index (κ1) is 26.0. The van der Waals surface area contributed by atoms with Crippen molar-refractivity contribution in [2.75, 3.05) is 11.9 Å². The Bertz CT molecular complexity index is 1530. The molecule has 0 radical (unpaired) electrons. The average molecular weight is 529 g/mol. The Morgan fingerprint density at radius 1 is 1.15 bits per heavy atom. The van der Waals surface area contributed by atoms with Gasteiger partial charge in [-0.1, -0.05) is 12.1 Å². The number of allylic oxidation sites excluding steroid dienone is 3. The van der Waals surface area contributed by atoms with Crippen molar-refractivity contribution >= 4 is 29.3 Å². The molecule has 2 aliphatic rings. The summed E-state index contributed by atoms with van der Waals surface area (Å²) in [6, 6.07) is 12.2. The van der Waals surface area contributed by atoms with Crippen molar-refractivity contribution in [1.29, 1.82) is 0 Å². The second-order valence-corrected chi connectivity index (χ2v) is 9.40. The molecule has 5 rings (SSSR count). The molecular weight excluding hydrogens is 502 g/mol. The van der Waals surface area contributed by atoms with Crippen LogP contribution in [-0.4, -0.2) is 35.5 Å². The van der Waals surface area contributed by atoms with Crippen molar-refractivity contribution in [1.82, 2.24) is 10.3 Å². The highest BCUT2D eigenvalue weighted by molar-refractivity contribution is 6.26. The van der Waals surface area contributed by atoms with Gasteiger partial charge in [0.15, 0.2) is 17.4 Å². The number of aromatic nitrogens is 1. The monoisotopic (exact) mass is 528 g/mol. The molecule has 7 nitrogen and oxygen atoms in total. The van der Waals surface area contributed by atoms with Gasteiger partial charge < -0.3 is 15.4 Å². The van der Waals surface area contributed by atoms with E-state index in [0.717, 1.165) is 35.3 Å². The number of hydrogen-bond donors (Lipinski definition) is 2. The Morgan fingerprint density at radius 2 is 2.03 bits per heavy atom.